The molecular weight excluding hydrogens is 346 g/mol. The molecule has 1 aromatic carbocycles. The second-order valence-electron chi connectivity index (χ2n) is 6.59. The number of aromatic amines is 1. The number of hydrogen-bond donors (Lipinski definition) is 1. The molecule has 27 heavy (non-hydrogen) atoms. The zero-order valence-corrected chi connectivity index (χ0v) is 15.3. The van der Waals surface area contributed by atoms with Crippen molar-refractivity contribution in [3.05, 3.63) is 53.5 Å². The summed E-state index contributed by atoms with van der Waals surface area (Å²) in [4.78, 5) is 31.8. The lowest BCUT2D eigenvalue weighted by Crippen LogP contribution is -2.50. The van der Waals surface area contributed by atoms with Crippen molar-refractivity contribution in [2.45, 2.75) is 6.92 Å². The highest BCUT2D eigenvalue weighted by atomic mass is 16.5. The van der Waals surface area contributed by atoms with Crippen molar-refractivity contribution in [1.82, 2.24) is 14.8 Å². The van der Waals surface area contributed by atoms with Crippen molar-refractivity contribution in [2.75, 3.05) is 33.3 Å². The monoisotopic (exact) mass is 367 g/mol. The Bertz CT molecular complexity index is 982. The number of carbonyl (C=O) groups is 2. The lowest BCUT2D eigenvalue weighted by atomic mass is 10.1. The van der Waals surface area contributed by atoms with E-state index in [9.17, 15) is 9.59 Å². The fourth-order valence-electron chi connectivity index (χ4n) is 3.43. The molecule has 0 aliphatic carbocycles. The number of benzene rings is 1. The Morgan fingerprint density at radius 2 is 1.78 bits per heavy atom. The van der Waals surface area contributed by atoms with Crippen LogP contribution < -0.4 is 4.74 Å². The summed E-state index contributed by atoms with van der Waals surface area (Å²) < 4.78 is 11.1. The summed E-state index contributed by atoms with van der Waals surface area (Å²) in [5.74, 6) is 0.850. The number of fused-ring (bicyclic) bond motifs is 1. The molecule has 0 atom stereocenters. The second-order valence-corrected chi connectivity index (χ2v) is 6.59. The Kier molecular flexibility index (Phi) is 4.35. The van der Waals surface area contributed by atoms with Gasteiger partial charge in [-0.25, -0.2) is 0 Å². The lowest BCUT2D eigenvalue weighted by molar-refractivity contribution is 0.0516. The first-order chi connectivity index (χ1) is 13.1. The molecule has 2 amide bonds. The Hall–Kier alpha value is -3.22. The first kappa shape index (κ1) is 17.2. The second kappa shape index (κ2) is 6.83. The van der Waals surface area contributed by atoms with Gasteiger partial charge in [-0.3, -0.25) is 9.59 Å². The van der Waals surface area contributed by atoms with Gasteiger partial charge in [0.1, 0.15) is 17.0 Å². The van der Waals surface area contributed by atoms with Gasteiger partial charge in [0.2, 0.25) is 0 Å². The van der Waals surface area contributed by atoms with Crippen molar-refractivity contribution in [1.29, 1.82) is 0 Å². The molecule has 140 valence electrons. The summed E-state index contributed by atoms with van der Waals surface area (Å²) in [7, 11) is 1.59. The lowest BCUT2D eigenvalue weighted by Gasteiger charge is -2.34. The van der Waals surface area contributed by atoms with Crippen molar-refractivity contribution < 1.29 is 18.7 Å². The van der Waals surface area contributed by atoms with Crippen LogP contribution in [0.4, 0.5) is 0 Å². The van der Waals surface area contributed by atoms with Crippen molar-refractivity contribution >= 4 is 22.8 Å². The van der Waals surface area contributed by atoms with Gasteiger partial charge in [0.15, 0.2) is 5.76 Å². The van der Waals surface area contributed by atoms with E-state index in [1.54, 1.807) is 41.3 Å². The van der Waals surface area contributed by atoms with Gasteiger partial charge >= 0.3 is 0 Å². The number of hydrogen-bond acceptors (Lipinski definition) is 4. The van der Waals surface area contributed by atoms with Gasteiger partial charge in [0.25, 0.3) is 11.8 Å². The van der Waals surface area contributed by atoms with Gasteiger partial charge in [0.05, 0.1) is 7.11 Å². The maximum Gasteiger partial charge on any atom is 0.290 e. The van der Waals surface area contributed by atoms with Crippen molar-refractivity contribution in [2.24, 2.45) is 0 Å². The number of ether oxygens (including phenoxy) is 1. The van der Waals surface area contributed by atoms with E-state index in [1.807, 2.05) is 19.1 Å². The van der Waals surface area contributed by atoms with Crippen LogP contribution in [0, 0.1) is 6.92 Å². The molecule has 2 aromatic heterocycles. The zero-order chi connectivity index (χ0) is 19.0. The highest BCUT2D eigenvalue weighted by molar-refractivity contribution is 5.99. The van der Waals surface area contributed by atoms with Gasteiger partial charge in [-0.2, -0.15) is 0 Å². The maximum atomic E-state index is 12.9. The molecule has 0 bridgehead atoms. The molecule has 7 heteroatoms. The molecule has 0 unspecified atom stereocenters. The fraction of sp³-hybridized carbons (Fsp3) is 0.300. The first-order valence-electron chi connectivity index (χ1n) is 8.87. The molecule has 1 aliphatic heterocycles. The summed E-state index contributed by atoms with van der Waals surface area (Å²) in [6.07, 6.45) is 1.73. The number of methoxy groups -OCH3 is 1. The number of rotatable bonds is 3. The number of aryl methyl sites for hydroxylation is 1. The zero-order valence-electron chi connectivity index (χ0n) is 15.3. The minimum atomic E-state index is -0.144. The topological polar surface area (TPSA) is 78.8 Å². The van der Waals surface area contributed by atoms with Gasteiger partial charge in [-0.05, 0) is 31.2 Å². The van der Waals surface area contributed by atoms with Gasteiger partial charge in [0, 0.05) is 49.4 Å². The number of nitrogens with zero attached hydrogens (tertiary/aromatic N) is 2. The SMILES string of the molecule is COc1ccc2c(C)c(C(=O)N3CCN(C(=O)c4ccc[nH]4)CC3)oc2c1. The molecule has 4 rings (SSSR count). The molecule has 1 N–H and O–H groups in total. The average molecular weight is 367 g/mol. The summed E-state index contributed by atoms with van der Waals surface area (Å²) in [5.41, 5.74) is 2.02. The largest absolute Gasteiger partial charge is 0.497 e. The summed E-state index contributed by atoms with van der Waals surface area (Å²) in [5, 5.41) is 0.903. The normalized spacial score (nSPS) is 14.6. The van der Waals surface area contributed by atoms with E-state index in [2.05, 4.69) is 4.98 Å². The number of furan rings is 1. The Morgan fingerprint density at radius 3 is 2.41 bits per heavy atom. The Morgan fingerprint density at radius 1 is 1.07 bits per heavy atom. The summed E-state index contributed by atoms with van der Waals surface area (Å²) in [6, 6.07) is 9.09. The van der Waals surface area contributed by atoms with Gasteiger partial charge < -0.3 is 23.9 Å². The molecule has 7 nitrogen and oxygen atoms in total. The van der Waals surface area contributed by atoms with Gasteiger partial charge in [-0.1, -0.05) is 0 Å². The smallest absolute Gasteiger partial charge is 0.290 e. The minimum Gasteiger partial charge on any atom is -0.497 e. The minimum absolute atomic E-state index is 0.0425. The molecule has 0 radical (unpaired) electrons. The van der Waals surface area contributed by atoms with E-state index in [0.717, 1.165) is 10.9 Å². The number of amides is 2. The number of aromatic nitrogens is 1. The molecule has 1 saturated heterocycles. The predicted octanol–water partition coefficient (Wildman–Crippen LogP) is 2.68. The van der Waals surface area contributed by atoms with Crippen LogP contribution in [0.2, 0.25) is 0 Å². The predicted molar refractivity (Wildman–Crippen MR) is 100 cm³/mol. The van der Waals surface area contributed by atoms with E-state index < -0.39 is 0 Å². The maximum absolute atomic E-state index is 12.9. The third kappa shape index (κ3) is 3.05. The standard InChI is InChI=1S/C20H21N3O4/c1-13-15-6-5-14(26-2)12-17(15)27-18(13)20(25)23-10-8-22(9-11-23)19(24)16-4-3-7-21-16/h3-7,12,21H,8-11H2,1-2H3. The molecule has 1 fully saturated rings. The third-order valence-corrected chi connectivity index (χ3v) is 5.02. The molecule has 0 spiro atoms. The molecule has 1 aliphatic rings. The quantitative estimate of drug-likeness (QED) is 0.772. The number of H-pyrrole nitrogens is 1. The molecular formula is C20H21N3O4. The number of carbonyl (C=O) groups excluding carboxylic acids is 2. The van der Waals surface area contributed by atoms with E-state index in [1.165, 1.54) is 0 Å². The van der Waals surface area contributed by atoms with Crippen LogP contribution in [0.3, 0.4) is 0 Å². The van der Waals surface area contributed by atoms with E-state index in [4.69, 9.17) is 9.15 Å². The van der Waals surface area contributed by atoms with E-state index in [-0.39, 0.29) is 11.8 Å². The number of piperazine rings is 1. The molecule has 3 heterocycles. The van der Waals surface area contributed by atoms with Crippen molar-refractivity contribution in [3.63, 3.8) is 0 Å². The van der Waals surface area contributed by atoms with Crippen LogP contribution in [0.25, 0.3) is 11.0 Å². The van der Waals surface area contributed by atoms with Crippen LogP contribution >= 0.6 is 0 Å². The van der Waals surface area contributed by atoms with Crippen LogP contribution in [0.15, 0.2) is 40.9 Å². The van der Waals surface area contributed by atoms with E-state index >= 15 is 0 Å². The number of nitrogens with one attached hydrogen (secondary N) is 1. The van der Waals surface area contributed by atoms with Gasteiger partial charge in [-0.15, -0.1) is 0 Å². The summed E-state index contributed by atoms with van der Waals surface area (Å²) in [6.45, 7) is 3.83. The molecule has 3 aromatic rings. The average Bonchev–Trinajstić information content (AvgIpc) is 3.35. The first-order valence-corrected chi connectivity index (χ1v) is 8.87. The fourth-order valence-corrected chi connectivity index (χ4v) is 3.43. The van der Waals surface area contributed by atoms with Crippen LogP contribution in [0.1, 0.15) is 26.6 Å². The van der Waals surface area contributed by atoms with E-state index in [0.29, 0.717) is 49.0 Å². The van der Waals surface area contributed by atoms with Crippen molar-refractivity contribution in [3.8, 4) is 5.75 Å². The highest BCUT2D eigenvalue weighted by Crippen LogP contribution is 2.29. The Labute approximate surface area is 156 Å². The van der Waals surface area contributed by atoms with Crippen LogP contribution in [-0.2, 0) is 0 Å². The Balaban J connectivity index is 1.49. The summed E-state index contributed by atoms with van der Waals surface area (Å²) >= 11 is 0. The molecule has 0 saturated carbocycles. The highest BCUT2D eigenvalue weighted by Gasteiger charge is 2.29. The van der Waals surface area contributed by atoms with Crippen LogP contribution in [-0.4, -0.2) is 59.9 Å². The third-order valence-electron chi connectivity index (χ3n) is 5.02. The van der Waals surface area contributed by atoms with Crippen LogP contribution in [0.5, 0.6) is 5.75 Å².